The number of ether oxygens (including phenoxy) is 1. The van der Waals surface area contributed by atoms with Gasteiger partial charge in [-0.3, -0.25) is 5.43 Å². The minimum absolute atomic E-state index is 0.366. The van der Waals surface area contributed by atoms with E-state index in [2.05, 4.69) is 15.5 Å². The molecule has 0 atom stereocenters. The highest BCUT2D eigenvalue weighted by Gasteiger charge is 2.12. The van der Waals surface area contributed by atoms with Crippen LogP contribution in [0.1, 0.15) is 15.2 Å². The van der Waals surface area contributed by atoms with Gasteiger partial charge in [-0.25, -0.2) is 4.79 Å². The Morgan fingerprint density at radius 1 is 1.38 bits per heavy atom. The van der Waals surface area contributed by atoms with E-state index >= 15 is 0 Å². The number of hydrazone groups is 1. The van der Waals surface area contributed by atoms with E-state index in [1.807, 2.05) is 35.8 Å². The number of rotatable bonds is 4. The summed E-state index contributed by atoms with van der Waals surface area (Å²) in [5.41, 5.74) is 5.56. The lowest BCUT2D eigenvalue weighted by atomic mass is 10.2. The summed E-state index contributed by atoms with van der Waals surface area (Å²) in [6, 6.07) is 9.79. The van der Waals surface area contributed by atoms with Crippen molar-refractivity contribution in [1.82, 2.24) is 4.98 Å². The van der Waals surface area contributed by atoms with Crippen LogP contribution in [0.4, 0.5) is 5.69 Å². The Labute approximate surface area is 125 Å². The third-order valence-electron chi connectivity index (χ3n) is 3.05. The Balaban J connectivity index is 1.79. The number of nitrogens with one attached hydrogen (secondary N) is 2. The Morgan fingerprint density at radius 3 is 3.10 bits per heavy atom. The lowest BCUT2D eigenvalue weighted by Crippen LogP contribution is -2.01. The number of H-pyrrole nitrogens is 1. The summed E-state index contributed by atoms with van der Waals surface area (Å²) in [6.45, 7) is 0. The fourth-order valence-corrected chi connectivity index (χ4v) is 2.78. The van der Waals surface area contributed by atoms with Crippen LogP contribution in [0.25, 0.3) is 10.9 Å². The van der Waals surface area contributed by atoms with Gasteiger partial charge in [0.05, 0.1) is 19.0 Å². The summed E-state index contributed by atoms with van der Waals surface area (Å²) in [4.78, 5) is 15.2. The number of carbonyl (C=O) groups excluding carboxylic acids is 1. The first-order valence-corrected chi connectivity index (χ1v) is 7.18. The van der Waals surface area contributed by atoms with Crippen molar-refractivity contribution in [3.63, 3.8) is 0 Å². The van der Waals surface area contributed by atoms with Gasteiger partial charge in [0.15, 0.2) is 0 Å². The topological polar surface area (TPSA) is 66.5 Å². The predicted molar refractivity (Wildman–Crippen MR) is 85.2 cm³/mol. The van der Waals surface area contributed by atoms with Gasteiger partial charge < -0.3 is 9.72 Å². The molecule has 2 aromatic heterocycles. The molecule has 0 saturated heterocycles. The molecular formula is C15H13N3O2S. The van der Waals surface area contributed by atoms with Gasteiger partial charge in [-0.15, -0.1) is 11.3 Å². The van der Waals surface area contributed by atoms with Crippen LogP contribution in [0.2, 0.25) is 0 Å². The van der Waals surface area contributed by atoms with Gasteiger partial charge in [0.2, 0.25) is 0 Å². The highest BCUT2D eigenvalue weighted by atomic mass is 32.1. The van der Waals surface area contributed by atoms with Crippen LogP contribution in [0.15, 0.2) is 47.0 Å². The first-order valence-electron chi connectivity index (χ1n) is 6.30. The molecule has 0 saturated carbocycles. The number of hydrogen-bond acceptors (Lipinski definition) is 5. The number of benzene rings is 1. The monoisotopic (exact) mass is 299 g/mol. The zero-order chi connectivity index (χ0) is 14.7. The summed E-state index contributed by atoms with van der Waals surface area (Å²) in [5, 5.41) is 7.10. The maximum Gasteiger partial charge on any atom is 0.350 e. The summed E-state index contributed by atoms with van der Waals surface area (Å²) in [6.07, 6.45) is 3.61. The van der Waals surface area contributed by atoms with E-state index in [9.17, 15) is 4.79 Å². The molecule has 0 aliphatic heterocycles. The van der Waals surface area contributed by atoms with Crippen LogP contribution in [0.5, 0.6) is 0 Å². The van der Waals surface area contributed by atoms with Crippen molar-refractivity contribution in [3.05, 3.63) is 52.3 Å². The van der Waals surface area contributed by atoms with Crippen molar-refractivity contribution >= 4 is 40.1 Å². The number of nitrogens with zero attached hydrogens (tertiary/aromatic N) is 1. The second kappa shape index (κ2) is 5.80. The third kappa shape index (κ3) is 2.66. The molecule has 6 heteroatoms. The largest absolute Gasteiger partial charge is 0.465 e. The Hall–Kier alpha value is -2.60. The molecular weight excluding hydrogens is 286 g/mol. The lowest BCUT2D eigenvalue weighted by Gasteiger charge is -2.00. The molecule has 3 rings (SSSR count). The summed E-state index contributed by atoms with van der Waals surface area (Å²) >= 11 is 1.32. The van der Waals surface area contributed by atoms with E-state index < -0.39 is 0 Å². The summed E-state index contributed by atoms with van der Waals surface area (Å²) in [7, 11) is 1.36. The number of fused-ring (bicyclic) bond motifs is 1. The number of carbonyl (C=O) groups is 1. The Morgan fingerprint density at radius 2 is 2.24 bits per heavy atom. The molecule has 1 aromatic carbocycles. The van der Waals surface area contributed by atoms with Crippen LogP contribution in [-0.2, 0) is 4.74 Å². The number of methoxy groups -OCH3 is 1. The minimum Gasteiger partial charge on any atom is -0.465 e. The molecule has 3 aromatic rings. The van der Waals surface area contributed by atoms with Crippen molar-refractivity contribution in [2.24, 2.45) is 5.10 Å². The van der Waals surface area contributed by atoms with Crippen molar-refractivity contribution in [1.29, 1.82) is 0 Å². The zero-order valence-electron chi connectivity index (χ0n) is 11.3. The second-order valence-electron chi connectivity index (χ2n) is 4.31. The predicted octanol–water partition coefficient (Wildman–Crippen LogP) is 3.46. The maximum atomic E-state index is 11.6. The number of para-hydroxylation sites is 1. The second-order valence-corrected chi connectivity index (χ2v) is 5.23. The first kappa shape index (κ1) is 13.4. The van der Waals surface area contributed by atoms with E-state index in [4.69, 9.17) is 4.74 Å². The van der Waals surface area contributed by atoms with Crippen LogP contribution >= 0.6 is 11.3 Å². The van der Waals surface area contributed by atoms with Gasteiger partial charge >= 0.3 is 5.97 Å². The van der Waals surface area contributed by atoms with Crippen molar-refractivity contribution in [2.45, 2.75) is 0 Å². The van der Waals surface area contributed by atoms with E-state index in [1.54, 1.807) is 12.3 Å². The Kier molecular flexibility index (Phi) is 3.70. The van der Waals surface area contributed by atoms with Gasteiger partial charge in [0.1, 0.15) is 4.88 Å². The molecule has 2 N–H and O–H groups in total. The normalized spacial score (nSPS) is 11.1. The minimum atomic E-state index is -0.366. The van der Waals surface area contributed by atoms with Crippen LogP contribution in [0.3, 0.4) is 0 Å². The maximum absolute atomic E-state index is 11.6. The smallest absolute Gasteiger partial charge is 0.350 e. The van der Waals surface area contributed by atoms with E-state index in [-0.39, 0.29) is 5.97 Å². The van der Waals surface area contributed by atoms with Gasteiger partial charge in [0, 0.05) is 22.7 Å². The third-order valence-corrected chi connectivity index (χ3v) is 3.94. The SMILES string of the molecule is COC(=O)c1sccc1N/N=C/c1c[nH]c2ccccc12. The number of esters is 1. The molecule has 5 nitrogen and oxygen atoms in total. The highest BCUT2D eigenvalue weighted by molar-refractivity contribution is 7.12. The molecule has 0 radical (unpaired) electrons. The number of aromatic amines is 1. The summed E-state index contributed by atoms with van der Waals surface area (Å²) in [5.74, 6) is -0.366. The van der Waals surface area contributed by atoms with Crippen molar-refractivity contribution < 1.29 is 9.53 Å². The molecule has 0 aliphatic rings. The van der Waals surface area contributed by atoms with E-state index in [1.165, 1.54) is 18.4 Å². The zero-order valence-corrected chi connectivity index (χ0v) is 12.1. The first-order chi connectivity index (χ1) is 10.3. The fourth-order valence-electron chi connectivity index (χ4n) is 2.02. The molecule has 0 spiro atoms. The average Bonchev–Trinajstić information content (AvgIpc) is 3.14. The number of thiophene rings is 1. The molecule has 0 unspecified atom stereocenters. The molecule has 106 valence electrons. The van der Waals surface area contributed by atoms with Crippen molar-refractivity contribution in [3.8, 4) is 0 Å². The fraction of sp³-hybridized carbons (Fsp3) is 0.0667. The number of hydrogen-bond donors (Lipinski definition) is 2. The van der Waals surface area contributed by atoms with Crippen molar-refractivity contribution in [2.75, 3.05) is 12.5 Å². The van der Waals surface area contributed by atoms with Gasteiger partial charge in [-0.1, -0.05) is 18.2 Å². The molecule has 2 heterocycles. The molecule has 0 fully saturated rings. The van der Waals surface area contributed by atoms with Crippen LogP contribution in [0, 0.1) is 0 Å². The number of aromatic nitrogens is 1. The number of anilines is 1. The summed E-state index contributed by atoms with van der Waals surface area (Å²) < 4.78 is 4.72. The Bertz CT molecular complexity index is 804. The standard InChI is InChI=1S/C15H13N3O2S/c1-20-15(19)14-13(6-7-21-14)18-17-9-10-8-16-12-5-3-2-4-11(10)12/h2-9,16,18H,1H3/b17-9+. The highest BCUT2D eigenvalue weighted by Crippen LogP contribution is 2.23. The quantitative estimate of drug-likeness (QED) is 0.440. The average molecular weight is 299 g/mol. The van der Waals surface area contributed by atoms with Gasteiger partial charge in [0.25, 0.3) is 0 Å². The molecule has 21 heavy (non-hydrogen) atoms. The lowest BCUT2D eigenvalue weighted by molar-refractivity contribution is 0.0607. The van der Waals surface area contributed by atoms with Crippen LogP contribution in [-0.4, -0.2) is 24.3 Å². The van der Waals surface area contributed by atoms with E-state index in [0.717, 1.165) is 16.5 Å². The van der Waals surface area contributed by atoms with Crippen LogP contribution < -0.4 is 5.43 Å². The van der Waals surface area contributed by atoms with Gasteiger partial charge in [-0.2, -0.15) is 5.10 Å². The van der Waals surface area contributed by atoms with Gasteiger partial charge in [-0.05, 0) is 17.5 Å². The molecule has 0 aliphatic carbocycles. The van der Waals surface area contributed by atoms with E-state index in [0.29, 0.717) is 10.6 Å². The molecule has 0 amide bonds. The molecule has 0 bridgehead atoms.